The Bertz CT molecular complexity index is 1470. The molecule has 0 aromatic heterocycles. The molecule has 0 aliphatic heterocycles. The van der Waals surface area contributed by atoms with Gasteiger partial charge in [-0.2, -0.15) is 0 Å². The average Bonchev–Trinajstić information content (AvgIpc) is 3.49. The maximum absolute atomic E-state index is 13.0. The Morgan fingerprint density at radius 1 is 0.253 bits per heavy atom. The van der Waals surface area contributed by atoms with E-state index in [9.17, 15) is 14.4 Å². The molecule has 1 atom stereocenters. The number of carbonyl (C=O) groups is 3. The fourth-order valence-electron chi connectivity index (χ4n) is 11.0. The number of carbonyl (C=O) groups excluding carboxylic acids is 3. The van der Waals surface area contributed by atoms with Gasteiger partial charge >= 0.3 is 17.9 Å². The van der Waals surface area contributed by atoms with Crippen molar-refractivity contribution in [2.75, 3.05) is 13.2 Å². The second-order valence-electron chi connectivity index (χ2n) is 24.8. The van der Waals surface area contributed by atoms with E-state index in [-0.39, 0.29) is 31.1 Å². The zero-order valence-electron chi connectivity index (χ0n) is 55.7. The number of ether oxygens (including phenoxy) is 3. The Labute approximate surface area is 517 Å². The van der Waals surface area contributed by atoms with Crippen LogP contribution < -0.4 is 0 Å². The van der Waals surface area contributed by atoms with E-state index in [0.29, 0.717) is 19.3 Å². The van der Waals surface area contributed by atoms with Crippen molar-refractivity contribution < 1.29 is 28.6 Å². The molecular formula is C77H140O6. The second-order valence-corrected chi connectivity index (χ2v) is 24.8. The van der Waals surface area contributed by atoms with Crippen molar-refractivity contribution in [3.8, 4) is 0 Å². The summed E-state index contributed by atoms with van der Waals surface area (Å²) in [4.78, 5) is 38.4. The fraction of sp³-hybridized carbons (Fsp3) is 0.831. The summed E-state index contributed by atoms with van der Waals surface area (Å²) in [5.74, 6) is -0.855. The SMILES string of the molecule is CC/C=C\C/C=C\C/C=C\C/C=C\CCCCCCCCCCC(=O)OC(COC(=O)CCCCCCCCCCCCCCC)COC(=O)CCCCCCCCCCCCCCCCCCCCC/C=C\CCCCCCCCCC. The molecule has 0 saturated heterocycles. The Kier molecular flexibility index (Phi) is 69.1. The van der Waals surface area contributed by atoms with Crippen LogP contribution in [0.5, 0.6) is 0 Å². The van der Waals surface area contributed by atoms with Gasteiger partial charge in [0.15, 0.2) is 6.10 Å². The third-order valence-electron chi connectivity index (χ3n) is 16.5. The lowest BCUT2D eigenvalue weighted by atomic mass is 10.0. The van der Waals surface area contributed by atoms with E-state index in [1.54, 1.807) is 0 Å². The maximum Gasteiger partial charge on any atom is 0.306 e. The predicted molar refractivity (Wildman–Crippen MR) is 362 cm³/mol. The minimum atomic E-state index is -0.777. The molecule has 0 aromatic carbocycles. The standard InChI is InChI=1S/C77H140O6/c1-4-7-10-13-16-19-22-25-27-29-31-33-34-35-36-37-38-39-40-41-42-44-45-47-49-52-55-58-61-64-67-70-76(79)82-73-74(72-81-75(78)69-66-63-60-57-54-51-24-21-18-15-12-9-6-3)83-77(80)71-68-65-62-59-56-53-50-48-46-43-32-30-28-26-23-20-17-14-11-8-5-2/h8,11,17,20,26,28-29,31-32,43,74H,4-7,9-10,12-16,18-19,21-25,27,30,33-42,44-73H2,1-3H3/b11-8-,20-17-,28-26-,31-29-,43-32-. The van der Waals surface area contributed by atoms with Gasteiger partial charge in [-0.1, -0.05) is 351 Å². The highest BCUT2D eigenvalue weighted by atomic mass is 16.6. The van der Waals surface area contributed by atoms with Gasteiger partial charge in [0.25, 0.3) is 0 Å². The lowest BCUT2D eigenvalue weighted by Gasteiger charge is -2.18. The third-order valence-corrected chi connectivity index (χ3v) is 16.5. The largest absolute Gasteiger partial charge is 0.462 e. The molecule has 0 N–H and O–H groups in total. The monoisotopic (exact) mass is 1160 g/mol. The summed E-state index contributed by atoms with van der Waals surface area (Å²) < 4.78 is 17.0. The van der Waals surface area contributed by atoms with E-state index in [4.69, 9.17) is 14.2 Å². The fourth-order valence-corrected chi connectivity index (χ4v) is 11.0. The molecular weight excluding hydrogens is 1020 g/mol. The van der Waals surface area contributed by atoms with Crippen LogP contribution in [0.25, 0.3) is 0 Å². The third kappa shape index (κ3) is 69.8. The lowest BCUT2D eigenvalue weighted by molar-refractivity contribution is -0.167. The van der Waals surface area contributed by atoms with Crippen molar-refractivity contribution in [2.24, 2.45) is 0 Å². The number of unbranched alkanes of at least 4 members (excludes halogenated alkanes) is 47. The maximum atomic E-state index is 13.0. The first-order chi connectivity index (χ1) is 41.0. The van der Waals surface area contributed by atoms with Gasteiger partial charge in [-0.15, -0.1) is 0 Å². The summed E-state index contributed by atoms with van der Waals surface area (Å²) in [6.45, 7) is 6.58. The van der Waals surface area contributed by atoms with Crippen LogP contribution in [0.15, 0.2) is 60.8 Å². The van der Waals surface area contributed by atoms with E-state index >= 15 is 0 Å². The molecule has 6 nitrogen and oxygen atoms in total. The summed E-state index contributed by atoms with van der Waals surface area (Å²) >= 11 is 0. The molecule has 0 amide bonds. The second kappa shape index (κ2) is 71.6. The highest BCUT2D eigenvalue weighted by molar-refractivity contribution is 5.71. The van der Waals surface area contributed by atoms with Crippen LogP contribution in [0.1, 0.15) is 393 Å². The van der Waals surface area contributed by atoms with Gasteiger partial charge in [0.05, 0.1) is 0 Å². The minimum Gasteiger partial charge on any atom is -0.462 e. The summed E-state index contributed by atoms with van der Waals surface area (Å²) in [5.41, 5.74) is 0. The number of hydrogen-bond donors (Lipinski definition) is 0. The molecule has 484 valence electrons. The molecule has 6 heteroatoms. The number of rotatable bonds is 68. The van der Waals surface area contributed by atoms with Crippen molar-refractivity contribution >= 4 is 17.9 Å². The molecule has 0 fully saturated rings. The van der Waals surface area contributed by atoms with E-state index < -0.39 is 6.10 Å². The van der Waals surface area contributed by atoms with Crippen LogP contribution in [0.2, 0.25) is 0 Å². The van der Waals surface area contributed by atoms with Gasteiger partial charge in [0, 0.05) is 19.3 Å². The summed E-state index contributed by atoms with van der Waals surface area (Å²) in [6, 6.07) is 0. The molecule has 0 aromatic rings. The van der Waals surface area contributed by atoms with E-state index in [1.807, 2.05) is 0 Å². The van der Waals surface area contributed by atoms with E-state index in [1.165, 1.54) is 263 Å². The number of esters is 3. The van der Waals surface area contributed by atoms with Crippen molar-refractivity contribution in [1.29, 1.82) is 0 Å². The van der Waals surface area contributed by atoms with Gasteiger partial charge < -0.3 is 14.2 Å². The zero-order valence-corrected chi connectivity index (χ0v) is 55.7. The number of hydrogen-bond acceptors (Lipinski definition) is 6. The molecule has 0 aliphatic rings. The van der Waals surface area contributed by atoms with Crippen LogP contribution >= 0.6 is 0 Å². The quantitative estimate of drug-likeness (QED) is 0.0261. The topological polar surface area (TPSA) is 78.9 Å². The van der Waals surface area contributed by atoms with Crippen molar-refractivity contribution in [3.05, 3.63) is 60.8 Å². The molecule has 0 aliphatic carbocycles. The molecule has 0 saturated carbocycles. The Balaban J connectivity index is 4.18. The first-order valence-corrected chi connectivity index (χ1v) is 36.8. The van der Waals surface area contributed by atoms with Gasteiger partial charge in [0.1, 0.15) is 13.2 Å². The van der Waals surface area contributed by atoms with Crippen molar-refractivity contribution in [3.63, 3.8) is 0 Å². The molecule has 0 spiro atoms. The van der Waals surface area contributed by atoms with Gasteiger partial charge in [-0.3, -0.25) is 14.4 Å². The Morgan fingerprint density at radius 3 is 0.747 bits per heavy atom. The highest BCUT2D eigenvalue weighted by Crippen LogP contribution is 2.18. The summed E-state index contributed by atoms with van der Waals surface area (Å²) in [5, 5.41) is 0. The molecule has 83 heavy (non-hydrogen) atoms. The van der Waals surface area contributed by atoms with Gasteiger partial charge in [-0.05, 0) is 83.5 Å². The van der Waals surface area contributed by atoms with Crippen LogP contribution in [0.4, 0.5) is 0 Å². The first kappa shape index (κ1) is 80.1. The van der Waals surface area contributed by atoms with E-state index in [0.717, 1.165) is 89.9 Å². The van der Waals surface area contributed by atoms with Crippen LogP contribution in [0, 0.1) is 0 Å². The zero-order chi connectivity index (χ0) is 59.9. The minimum absolute atomic E-state index is 0.0725. The predicted octanol–water partition coefficient (Wildman–Crippen LogP) is 25.5. The Hall–Kier alpha value is -2.89. The highest BCUT2D eigenvalue weighted by Gasteiger charge is 2.19. The van der Waals surface area contributed by atoms with Crippen molar-refractivity contribution in [2.45, 2.75) is 399 Å². The smallest absolute Gasteiger partial charge is 0.306 e. The molecule has 0 bridgehead atoms. The van der Waals surface area contributed by atoms with E-state index in [2.05, 4.69) is 81.5 Å². The first-order valence-electron chi connectivity index (χ1n) is 36.8. The average molecular weight is 1160 g/mol. The lowest BCUT2D eigenvalue weighted by Crippen LogP contribution is -2.30. The Morgan fingerprint density at radius 2 is 0.470 bits per heavy atom. The molecule has 0 heterocycles. The number of allylic oxidation sites excluding steroid dienone is 10. The van der Waals surface area contributed by atoms with Gasteiger partial charge in [-0.25, -0.2) is 0 Å². The van der Waals surface area contributed by atoms with Crippen molar-refractivity contribution in [1.82, 2.24) is 0 Å². The summed E-state index contributed by atoms with van der Waals surface area (Å²) in [6.07, 6.45) is 92.7. The normalized spacial score (nSPS) is 12.4. The van der Waals surface area contributed by atoms with Crippen LogP contribution in [0.3, 0.4) is 0 Å². The molecule has 1 unspecified atom stereocenters. The van der Waals surface area contributed by atoms with Crippen LogP contribution in [-0.4, -0.2) is 37.2 Å². The molecule has 0 radical (unpaired) electrons. The van der Waals surface area contributed by atoms with Crippen LogP contribution in [-0.2, 0) is 28.6 Å². The summed E-state index contributed by atoms with van der Waals surface area (Å²) in [7, 11) is 0. The molecule has 0 rings (SSSR count). The van der Waals surface area contributed by atoms with Gasteiger partial charge in [0.2, 0.25) is 0 Å².